The summed E-state index contributed by atoms with van der Waals surface area (Å²) in [5, 5.41) is 66.4. The summed E-state index contributed by atoms with van der Waals surface area (Å²) in [4.78, 5) is 0. The molecular weight excluding hydrogens is 928 g/mol. The molecule has 0 aromatic heterocycles. The van der Waals surface area contributed by atoms with Crippen molar-refractivity contribution >= 4 is 0 Å². The molecule has 6 saturated carbocycles. The van der Waals surface area contributed by atoms with Crippen LogP contribution in [0.15, 0.2) is 0 Å². The fourth-order valence-electron chi connectivity index (χ4n) is 9.57. The Morgan fingerprint density at radius 2 is 0.197 bits per heavy atom. The van der Waals surface area contributed by atoms with Gasteiger partial charge in [-0.3, -0.25) is 0 Å². The second-order valence-electron chi connectivity index (χ2n) is 19.9. The van der Waals surface area contributed by atoms with Crippen molar-refractivity contribution in [3.63, 3.8) is 0 Å². The first-order valence-corrected chi connectivity index (χ1v) is 27.3. The zero-order valence-corrected chi connectivity index (χ0v) is 43.2. The minimum atomic E-state index is -0.238. The zero-order chi connectivity index (χ0) is 43.4. The summed E-state index contributed by atoms with van der Waals surface area (Å²) in [6.45, 7) is 0. The molecule has 0 saturated heterocycles. The molecule has 0 atom stereocenters. The maximum Gasteiger partial charge on any atom is 0 e. The fourth-order valence-corrected chi connectivity index (χ4v) is 9.57. The van der Waals surface area contributed by atoms with Crippen LogP contribution in [0, 0.1) is 0 Å². The van der Waals surface area contributed by atoms with Crippen LogP contribution in [0.2, 0.25) is 0 Å². The fraction of sp³-hybridized carbons (Fsp3) is 1.00. The summed E-state index contributed by atoms with van der Waals surface area (Å²) in [5.74, 6) is 0. The molecule has 0 N–H and O–H groups in total. The maximum atomic E-state index is 11.1. The van der Waals surface area contributed by atoms with Crippen molar-refractivity contribution in [1.29, 1.82) is 0 Å². The molecule has 0 spiro atoms. The predicted molar refractivity (Wildman–Crippen MR) is 244 cm³/mol. The Morgan fingerprint density at radius 3 is 0.279 bits per heavy atom. The Labute approximate surface area is 394 Å². The summed E-state index contributed by atoms with van der Waals surface area (Å²) in [5.41, 5.74) is 0. The van der Waals surface area contributed by atoms with Crippen molar-refractivity contribution in [3.05, 3.63) is 0 Å². The normalized spacial score (nSPS) is 24.5. The van der Waals surface area contributed by atoms with E-state index in [1.54, 1.807) is 0 Å². The van der Waals surface area contributed by atoms with Crippen LogP contribution in [-0.2, 0) is 21.1 Å². The first-order chi connectivity index (χ1) is 29.4. The molecule has 6 aliphatic carbocycles. The molecule has 61 heavy (non-hydrogen) atoms. The molecule has 0 heterocycles. The Kier molecular flexibility index (Phi) is 48.7. The molecular formula is C54H102O6W-6. The third kappa shape index (κ3) is 46.8. The summed E-state index contributed by atoms with van der Waals surface area (Å²) in [7, 11) is 0. The SMILES string of the molecule is [O-]C1CCCCCCCC1.[O-]C1CCCCCCCC1.[O-]C1CCCCCCCC1.[O-]C1CCCCCCCC1.[O-]C1CCCCCCCC1.[O-]C1CCCCCCCC1.[W]. The average molecular weight is 1030 g/mol. The van der Waals surface area contributed by atoms with Gasteiger partial charge in [0.05, 0.1) is 0 Å². The molecule has 6 nitrogen and oxygen atoms in total. The van der Waals surface area contributed by atoms with E-state index in [-0.39, 0.29) is 57.7 Å². The Balaban J connectivity index is 0.000000706. The molecule has 366 valence electrons. The monoisotopic (exact) mass is 1030 g/mol. The van der Waals surface area contributed by atoms with Crippen molar-refractivity contribution in [2.75, 3.05) is 0 Å². The van der Waals surface area contributed by atoms with Crippen molar-refractivity contribution in [2.24, 2.45) is 0 Å². The predicted octanol–water partition coefficient (Wildman–Crippen LogP) is 11.1. The summed E-state index contributed by atoms with van der Waals surface area (Å²) in [6, 6.07) is 0. The van der Waals surface area contributed by atoms with Gasteiger partial charge in [0, 0.05) is 21.1 Å². The van der Waals surface area contributed by atoms with Gasteiger partial charge >= 0.3 is 0 Å². The number of hydrogen-bond donors (Lipinski definition) is 0. The van der Waals surface area contributed by atoms with Crippen LogP contribution >= 0.6 is 0 Å². The quantitative estimate of drug-likeness (QED) is 0.237. The van der Waals surface area contributed by atoms with Gasteiger partial charge in [0.25, 0.3) is 0 Å². The van der Waals surface area contributed by atoms with E-state index in [1.165, 1.54) is 231 Å². The first kappa shape index (κ1) is 61.4. The van der Waals surface area contributed by atoms with E-state index in [9.17, 15) is 30.6 Å². The summed E-state index contributed by atoms with van der Waals surface area (Å²) < 4.78 is 0. The standard InChI is InChI=1S/6C9H17O.W/c6*10-9-7-5-3-1-2-4-6-8-9;/h6*9H,1-8H2;/q6*-1;. The largest absolute Gasteiger partial charge is 0.852 e. The third-order valence-electron chi connectivity index (χ3n) is 13.8. The number of rotatable bonds is 0. The molecule has 0 radical (unpaired) electrons. The Morgan fingerprint density at radius 1 is 0.131 bits per heavy atom. The molecule has 0 aromatic rings. The Bertz CT molecular complexity index is 603. The third-order valence-corrected chi connectivity index (χ3v) is 13.8. The molecule has 0 unspecified atom stereocenters. The van der Waals surface area contributed by atoms with E-state index in [2.05, 4.69) is 0 Å². The second-order valence-corrected chi connectivity index (χ2v) is 19.9. The van der Waals surface area contributed by atoms with Crippen molar-refractivity contribution in [3.8, 4) is 0 Å². The van der Waals surface area contributed by atoms with Gasteiger partial charge < -0.3 is 30.6 Å². The van der Waals surface area contributed by atoms with E-state index in [0.29, 0.717) is 0 Å². The molecule has 0 amide bonds. The Hall–Kier alpha value is 0.448. The topological polar surface area (TPSA) is 138 Å². The van der Waals surface area contributed by atoms with Crippen molar-refractivity contribution in [2.45, 2.75) is 345 Å². The molecule has 0 aliphatic heterocycles. The van der Waals surface area contributed by atoms with E-state index >= 15 is 0 Å². The van der Waals surface area contributed by atoms with E-state index in [1.807, 2.05) is 0 Å². The van der Waals surface area contributed by atoms with Gasteiger partial charge in [-0.15, -0.1) is 36.6 Å². The second kappa shape index (κ2) is 48.4. The summed E-state index contributed by atoms with van der Waals surface area (Å²) in [6.07, 6.45) is 55.6. The first-order valence-electron chi connectivity index (χ1n) is 27.3. The van der Waals surface area contributed by atoms with Gasteiger partial charge in [-0.2, -0.15) is 0 Å². The van der Waals surface area contributed by atoms with Crippen LogP contribution < -0.4 is 30.6 Å². The van der Waals surface area contributed by atoms with Crippen LogP contribution in [0.3, 0.4) is 0 Å². The van der Waals surface area contributed by atoms with Gasteiger partial charge in [-0.25, -0.2) is 0 Å². The van der Waals surface area contributed by atoms with E-state index in [4.69, 9.17) is 0 Å². The van der Waals surface area contributed by atoms with Crippen LogP contribution in [0.4, 0.5) is 0 Å². The minimum Gasteiger partial charge on any atom is -0.852 e. The van der Waals surface area contributed by atoms with Gasteiger partial charge in [0.2, 0.25) is 0 Å². The zero-order valence-electron chi connectivity index (χ0n) is 40.3. The van der Waals surface area contributed by atoms with E-state index in [0.717, 1.165) is 77.0 Å². The van der Waals surface area contributed by atoms with Gasteiger partial charge in [0.15, 0.2) is 0 Å². The van der Waals surface area contributed by atoms with Crippen LogP contribution in [0.1, 0.15) is 308 Å². The van der Waals surface area contributed by atoms with Crippen LogP contribution in [0.25, 0.3) is 0 Å². The van der Waals surface area contributed by atoms with Crippen molar-refractivity contribution in [1.82, 2.24) is 0 Å². The molecule has 0 aromatic carbocycles. The van der Waals surface area contributed by atoms with Crippen LogP contribution in [-0.4, -0.2) is 36.6 Å². The molecule has 6 aliphatic rings. The van der Waals surface area contributed by atoms with Gasteiger partial charge in [0.1, 0.15) is 0 Å². The maximum absolute atomic E-state index is 11.1. The molecule has 6 rings (SSSR count). The van der Waals surface area contributed by atoms with Gasteiger partial charge in [-0.1, -0.05) is 308 Å². The van der Waals surface area contributed by atoms with Gasteiger partial charge in [-0.05, 0) is 0 Å². The average Bonchev–Trinajstić information content (AvgIpc) is 3.67. The van der Waals surface area contributed by atoms with E-state index < -0.39 is 0 Å². The summed E-state index contributed by atoms with van der Waals surface area (Å²) >= 11 is 0. The minimum absolute atomic E-state index is 0. The smallest absolute Gasteiger partial charge is 0 e. The molecule has 7 heteroatoms. The molecule has 6 fully saturated rings. The number of hydrogen-bond acceptors (Lipinski definition) is 6. The molecule has 0 bridgehead atoms. The van der Waals surface area contributed by atoms with Crippen molar-refractivity contribution < 1.29 is 51.7 Å². The van der Waals surface area contributed by atoms with Crippen LogP contribution in [0.5, 0.6) is 0 Å².